The lowest BCUT2D eigenvalue weighted by molar-refractivity contribution is -0.132. The highest BCUT2D eigenvalue weighted by atomic mass is 32.2. The molecule has 1 amide bonds. The first-order valence-corrected chi connectivity index (χ1v) is 9.24. The van der Waals surface area contributed by atoms with Crippen molar-refractivity contribution in [2.75, 3.05) is 26.0 Å². The van der Waals surface area contributed by atoms with Crippen LogP contribution in [0.3, 0.4) is 0 Å². The lowest BCUT2D eigenvalue weighted by atomic mass is 10.3. The van der Waals surface area contributed by atoms with E-state index in [9.17, 15) is 13.2 Å². The van der Waals surface area contributed by atoms with Crippen molar-refractivity contribution in [1.29, 1.82) is 0 Å². The number of benzene rings is 1. The van der Waals surface area contributed by atoms with Crippen molar-refractivity contribution < 1.29 is 22.4 Å². The van der Waals surface area contributed by atoms with Crippen LogP contribution in [-0.4, -0.2) is 45.2 Å². The summed E-state index contributed by atoms with van der Waals surface area (Å²) < 4.78 is 34.6. The molecule has 7 heteroatoms. The molecule has 0 aliphatic carbocycles. The summed E-state index contributed by atoms with van der Waals surface area (Å²) >= 11 is 0. The molecule has 24 heavy (non-hydrogen) atoms. The van der Waals surface area contributed by atoms with Gasteiger partial charge >= 0.3 is 0 Å². The van der Waals surface area contributed by atoms with Crippen LogP contribution in [0.1, 0.15) is 12.0 Å². The molecule has 0 N–H and O–H groups in total. The molecule has 1 aromatic heterocycles. The minimum atomic E-state index is -3.47. The molecule has 0 bridgehead atoms. The van der Waals surface area contributed by atoms with E-state index >= 15 is 0 Å². The molecule has 0 aliphatic heterocycles. The van der Waals surface area contributed by atoms with E-state index in [0.29, 0.717) is 19.7 Å². The highest BCUT2D eigenvalue weighted by molar-refractivity contribution is 7.91. The van der Waals surface area contributed by atoms with E-state index in [0.717, 1.165) is 5.56 Å². The Balaban J connectivity index is 1.99. The van der Waals surface area contributed by atoms with Gasteiger partial charge in [0.15, 0.2) is 9.84 Å². The summed E-state index contributed by atoms with van der Waals surface area (Å²) in [6.45, 7) is 1.14. The lowest BCUT2D eigenvalue weighted by Gasteiger charge is -2.21. The first-order chi connectivity index (χ1) is 11.5. The molecule has 0 spiro atoms. The Kier molecular flexibility index (Phi) is 6.57. The first-order valence-electron chi connectivity index (χ1n) is 7.58. The zero-order valence-electron chi connectivity index (χ0n) is 13.6. The molecule has 0 radical (unpaired) electrons. The topological polar surface area (TPSA) is 76.8 Å². The summed E-state index contributed by atoms with van der Waals surface area (Å²) in [4.78, 5) is 14.2. The van der Waals surface area contributed by atoms with Crippen LogP contribution in [0.5, 0.6) is 0 Å². The Morgan fingerprint density at radius 1 is 1.21 bits per heavy atom. The molecule has 0 saturated carbocycles. The maximum Gasteiger partial charge on any atom is 0.223 e. The van der Waals surface area contributed by atoms with Crippen molar-refractivity contribution >= 4 is 15.7 Å². The predicted molar refractivity (Wildman–Crippen MR) is 89.1 cm³/mol. The summed E-state index contributed by atoms with van der Waals surface area (Å²) in [7, 11) is -1.91. The summed E-state index contributed by atoms with van der Waals surface area (Å²) in [5.74, 6) is -0.446. The van der Waals surface area contributed by atoms with Crippen molar-refractivity contribution in [2.45, 2.75) is 17.9 Å². The summed E-state index contributed by atoms with van der Waals surface area (Å²) in [6.07, 6.45) is 3.03. The van der Waals surface area contributed by atoms with Gasteiger partial charge in [-0.3, -0.25) is 4.79 Å². The van der Waals surface area contributed by atoms with E-state index in [4.69, 9.17) is 9.15 Å². The number of hydrogen-bond donors (Lipinski definition) is 0. The average Bonchev–Trinajstić information content (AvgIpc) is 3.10. The average molecular weight is 351 g/mol. The number of rotatable bonds is 9. The van der Waals surface area contributed by atoms with E-state index < -0.39 is 9.84 Å². The minimum absolute atomic E-state index is 0.0706. The van der Waals surface area contributed by atoms with Gasteiger partial charge in [-0.05, 0) is 18.2 Å². The zero-order valence-corrected chi connectivity index (χ0v) is 14.4. The molecule has 0 atom stereocenters. The molecular weight excluding hydrogens is 330 g/mol. The highest BCUT2D eigenvalue weighted by Gasteiger charge is 2.20. The SMILES string of the molecule is COCCN(Cc1ccoc1)C(=O)CCS(=O)(=O)c1ccccc1. The van der Waals surface area contributed by atoms with Crippen LogP contribution >= 0.6 is 0 Å². The van der Waals surface area contributed by atoms with Gasteiger partial charge in [-0.2, -0.15) is 0 Å². The number of methoxy groups -OCH3 is 1. The quantitative estimate of drug-likeness (QED) is 0.692. The smallest absolute Gasteiger partial charge is 0.223 e. The highest BCUT2D eigenvalue weighted by Crippen LogP contribution is 2.13. The van der Waals surface area contributed by atoms with Crippen molar-refractivity contribution in [1.82, 2.24) is 4.90 Å². The van der Waals surface area contributed by atoms with Gasteiger partial charge in [-0.15, -0.1) is 0 Å². The predicted octanol–water partition coefficient (Wildman–Crippen LogP) is 2.12. The van der Waals surface area contributed by atoms with Crippen LogP contribution in [0.15, 0.2) is 58.2 Å². The Hall–Kier alpha value is -2.12. The van der Waals surface area contributed by atoms with E-state index in [2.05, 4.69) is 0 Å². The molecule has 0 saturated heterocycles. The maximum atomic E-state index is 12.4. The summed E-state index contributed by atoms with van der Waals surface area (Å²) in [5, 5.41) is 0. The second kappa shape index (κ2) is 8.65. The molecule has 0 fully saturated rings. The van der Waals surface area contributed by atoms with E-state index in [1.165, 1.54) is 18.4 Å². The third-order valence-electron chi connectivity index (χ3n) is 3.56. The standard InChI is InChI=1S/C17H21NO5S/c1-22-11-9-18(13-15-7-10-23-14-15)17(19)8-12-24(20,21)16-5-3-2-4-6-16/h2-7,10,14H,8-9,11-13H2,1H3. The molecule has 2 aromatic rings. The fourth-order valence-electron chi connectivity index (χ4n) is 2.22. The van der Waals surface area contributed by atoms with Crippen LogP contribution in [0, 0.1) is 0 Å². The van der Waals surface area contributed by atoms with Gasteiger partial charge < -0.3 is 14.1 Å². The number of hydrogen-bond acceptors (Lipinski definition) is 5. The molecule has 0 aliphatic rings. The van der Waals surface area contributed by atoms with E-state index in [1.807, 2.05) is 0 Å². The number of carbonyl (C=O) groups excluding carboxylic acids is 1. The fourth-order valence-corrected chi connectivity index (χ4v) is 3.47. The van der Waals surface area contributed by atoms with Crippen molar-refractivity contribution in [2.24, 2.45) is 0 Å². The largest absolute Gasteiger partial charge is 0.472 e. The molecule has 0 unspecified atom stereocenters. The number of carbonyl (C=O) groups is 1. The molecule has 1 aromatic carbocycles. The normalized spacial score (nSPS) is 11.4. The zero-order chi connectivity index (χ0) is 17.4. The Bertz CT molecular complexity index is 726. The first kappa shape index (κ1) is 18.2. The summed E-state index contributed by atoms with van der Waals surface area (Å²) in [5.41, 5.74) is 0.852. The van der Waals surface area contributed by atoms with Gasteiger partial charge in [-0.1, -0.05) is 18.2 Å². The molecule has 1 heterocycles. The second-order valence-corrected chi connectivity index (χ2v) is 7.43. The third-order valence-corrected chi connectivity index (χ3v) is 5.29. The van der Waals surface area contributed by atoms with Crippen LogP contribution < -0.4 is 0 Å². The molecule has 6 nitrogen and oxygen atoms in total. The second-order valence-electron chi connectivity index (χ2n) is 5.32. The van der Waals surface area contributed by atoms with Crippen LogP contribution in [0.2, 0.25) is 0 Å². The Morgan fingerprint density at radius 3 is 2.58 bits per heavy atom. The number of ether oxygens (including phenoxy) is 1. The lowest BCUT2D eigenvalue weighted by Crippen LogP contribution is -2.34. The molecular formula is C17H21NO5S. The van der Waals surface area contributed by atoms with Crippen LogP contribution in [0.25, 0.3) is 0 Å². The third kappa shape index (κ3) is 5.21. The van der Waals surface area contributed by atoms with E-state index in [-0.39, 0.29) is 23.0 Å². The van der Waals surface area contributed by atoms with Gasteiger partial charge in [-0.25, -0.2) is 8.42 Å². The van der Waals surface area contributed by atoms with Crippen molar-refractivity contribution in [3.63, 3.8) is 0 Å². The van der Waals surface area contributed by atoms with Gasteiger partial charge in [0, 0.05) is 32.2 Å². The fraction of sp³-hybridized carbons (Fsp3) is 0.353. The van der Waals surface area contributed by atoms with Crippen LogP contribution in [-0.2, 0) is 25.9 Å². The number of sulfone groups is 1. The Labute approximate surface area is 141 Å². The van der Waals surface area contributed by atoms with E-state index in [1.54, 1.807) is 42.5 Å². The van der Waals surface area contributed by atoms with Gasteiger partial charge in [0.25, 0.3) is 0 Å². The minimum Gasteiger partial charge on any atom is -0.472 e. The van der Waals surface area contributed by atoms with Crippen LogP contribution in [0.4, 0.5) is 0 Å². The number of nitrogens with zero attached hydrogens (tertiary/aromatic N) is 1. The maximum absolute atomic E-state index is 12.4. The van der Waals surface area contributed by atoms with Gasteiger partial charge in [0.1, 0.15) is 0 Å². The molecule has 130 valence electrons. The summed E-state index contributed by atoms with van der Waals surface area (Å²) in [6, 6.07) is 9.92. The van der Waals surface area contributed by atoms with Gasteiger partial charge in [0.05, 0.1) is 29.8 Å². The monoisotopic (exact) mass is 351 g/mol. The number of amides is 1. The molecule has 2 rings (SSSR count). The van der Waals surface area contributed by atoms with Gasteiger partial charge in [0.2, 0.25) is 5.91 Å². The number of furan rings is 1. The Morgan fingerprint density at radius 2 is 1.96 bits per heavy atom. The van der Waals surface area contributed by atoms with Crippen molar-refractivity contribution in [3.05, 3.63) is 54.5 Å². The van der Waals surface area contributed by atoms with Crippen molar-refractivity contribution in [3.8, 4) is 0 Å².